The van der Waals surface area contributed by atoms with Gasteiger partial charge in [-0.25, -0.2) is 0 Å². The van der Waals surface area contributed by atoms with Crippen molar-refractivity contribution in [1.29, 1.82) is 0 Å². The quantitative estimate of drug-likeness (QED) is 0.577. The number of fused-ring (bicyclic) bond motifs is 1. The summed E-state index contributed by atoms with van der Waals surface area (Å²) in [6, 6.07) is 17.8. The molecule has 1 aliphatic carbocycles. The van der Waals surface area contributed by atoms with Gasteiger partial charge in [0, 0.05) is 0 Å². The average molecular weight is 366 g/mol. The first-order chi connectivity index (χ1) is 9.47. The van der Waals surface area contributed by atoms with E-state index in [1.54, 1.807) is 0 Å². The fraction of sp³-hybridized carbons (Fsp3) is 0.263. The molecule has 3 rings (SSSR count). The second-order valence-electron chi connectivity index (χ2n) is 6.49. The molecular weight excluding hydrogens is 347 g/mol. The van der Waals surface area contributed by atoms with Gasteiger partial charge in [-0.1, -0.05) is 0 Å². The predicted molar refractivity (Wildman–Crippen MR) is 82.2 cm³/mol. The van der Waals surface area contributed by atoms with Crippen molar-refractivity contribution < 1.29 is 45.2 Å². The van der Waals surface area contributed by atoms with Gasteiger partial charge in [-0.05, 0) is 0 Å². The van der Waals surface area contributed by atoms with Gasteiger partial charge in [0.15, 0.2) is 0 Å². The summed E-state index contributed by atoms with van der Waals surface area (Å²) in [6.07, 6.45) is 2.34. The van der Waals surface area contributed by atoms with Crippen LogP contribution in [0, 0.1) is 0 Å². The van der Waals surface area contributed by atoms with E-state index in [1.807, 2.05) is 0 Å². The van der Waals surface area contributed by atoms with E-state index in [0.29, 0.717) is 4.22 Å². The van der Waals surface area contributed by atoms with Crippen molar-refractivity contribution in [3.8, 4) is 0 Å². The van der Waals surface area contributed by atoms with Gasteiger partial charge in [-0.3, -0.25) is 0 Å². The monoisotopic (exact) mass is 365 g/mol. The fourth-order valence-corrected chi connectivity index (χ4v) is 3.54. The van der Waals surface area contributed by atoms with Crippen LogP contribution in [0.15, 0.2) is 48.5 Å². The van der Waals surface area contributed by atoms with Crippen LogP contribution in [0.4, 0.5) is 0 Å². The van der Waals surface area contributed by atoms with Gasteiger partial charge in [-0.2, -0.15) is 0 Å². The van der Waals surface area contributed by atoms with Crippen LogP contribution in [0.25, 0.3) is 11.6 Å². The van der Waals surface area contributed by atoms with E-state index in [4.69, 9.17) is 0 Å². The summed E-state index contributed by atoms with van der Waals surface area (Å²) in [4.78, 5) is 0. The minimum Gasteiger partial charge on any atom is -1.00 e. The molecule has 2 aromatic rings. The summed E-state index contributed by atoms with van der Waals surface area (Å²) >= 11 is 2.30. The zero-order chi connectivity index (χ0) is 14.3. The molecule has 2 aromatic carbocycles. The smallest absolute Gasteiger partial charge is 1.00 e. The minimum absolute atomic E-state index is 0. The van der Waals surface area contributed by atoms with E-state index in [2.05, 4.69) is 95.8 Å². The first kappa shape index (κ1) is 19.5. The average Bonchev–Trinajstić information content (AvgIpc) is 2.76. The third-order valence-electron chi connectivity index (χ3n) is 4.01. The topological polar surface area (TPSA) is 0 Å². The molecule has 0 heterocycles. The molecular formula is C19H19Cl2Ti. The number of halogens is 2. The molecule has 0 spiro atoms. The molecule has 0 fully saturated rings. The number of hydrogen-bond donors (Lipinski definition) is 0. The SMILES string of the molecule is CC(C)(C)c1ccc(C2=Cc3ccccc3[CH]2[Ti+2])cc1.[Cl-].[Cl-]. The van der Waals surface area contributed by atoms with Crippen LogP contribution in [0.2, 0.25) is 0 Å². The Bertz CT molecular complexity index is 667. The molecule has 1 aliphatic rings. The maximum atomic E-state index is 2.34. The summed E-state index contributed by atoms with van der Waals surface area (Å²) in [6.45, 7) is 6.78. The van der Waals surface area contributed by atoms with Crippen LogP contribution < -0.4 is 24.8 Å². The number of hydrogen-bond acceptors (Lipinski definition) is 0. The van der Waals surface area contributed by atoms with Crippen molar-refractivity contribution in [2.75, 3.05) is 0 Å². The van der Waals surface area contributed by atoms with Crippen molar-refractivity contribution in [2.24, 2.45) is 0 Å². The first-order valence-electron chi connectivity index (χ1n) is 7.09. The summed E-state index contributed by atoms with van der Waals surface area (Å²) in [7, 11) is 0. The van der Waals surface area contributed by atoms with E-state index >= 15 is 0 Å². The molecule has 113 valence electrons. The van der Waals surface area contributed by atoms with Crippen LogP contribution in [0.5, 0.6) is 0 Å². The molecule has 3 heteroatoms. The molecule has 0 radical (unpaired) electrons. The van der Waals surface area contributed by atoms with Gasteiger partial charge in [0.1, 0.15) is 0 Å². The van der Waals surface area contributed by atoms with E-state index in [-0.39, 0.29) is 30.2 Å². The predicted octanol–water partition coefficient (Wildman–Crippen LogP) is -0.866. The van der Waals surface area contributed by atoms with Gasteiger partial charge in [0.2, 0.25) is 0 Å². The summed E-state index contributed by atoms with van der Waals surface area (Å²) < 4.78 is 0.492. The molecule has 0 N–H and O–H groups in total. The zero-order valence-corrected chi connectivity index (χ0v) is 16.1. The van der Waals surface area contributed by atoms with Gasteiger partial charge in [0.25, 0.3) is 0 Å². The summed E-state index contributed by atoms with van der Waals surface area (Å²) in [5.41, 5.74) is 7.22. The molecule has 0 nitrogen and oxygen atoms in total. The van der Waals surface area contributed by atoms with Crippen molar-refractivity contribution in [3.05, 3.63) is 70.8 Å². The Kier molecular flexibility index (Phi) is 6.53. The second kappa shape index (κ2) is 7.36. The Morgan fingerprint density at radius 1 is 0.864 bits per heavy atom. The molecule has 1 unspecified atom stereocenters. The van der Waals surface area contributed by atoms with Crippen LogP contribution in [0.1, 0.15) is 47.2 Å². The van der Waals surface area contributed by atoms with Crippen molar-refractivity contribution in [2.45, 2.75) is 30.4 Å². The van der Waals surface area contributed by atoms with Gasteiger partial charge < -0.3 is 24.8 Å². The van der Waals surface area contributed by atoms with Crippen LogP contribution in [-0.4, -0.2) is 0 Å². The van der Waals surface area contributed by atoms with E-state index in [1.165, 1.54) is 27.8 Å². The van der Waals surface area contributed by atoms with Crippen LogP contribution in [0.3, 0.4) is 0 Å². The number of allylic oxidation sites excluding steroid dienone is 1. The van der Waals surface area contributed by atoms with Crippen molar-refractivity contribution in [3.63, 3.8) is 0 Å². The molecule has 0 saturated heterocycles. The second-order valence-corrected chi connectivity index (χ2v) is 7.39. The number of rotatable bonds is 1. The third-order valence-corrected chi connectivity index (χ3v) is 4.98. The molecule has 0 amide bonds. The molecule has 0 aromatic heterocycles. The molecule has 1 atom stereocenters. The Labute approximate surface area is 157 Å². The number of benzene rings is 2. The first-order valence-corrected chi connectivity index (χ1v) is 7.99. The van der Waals surface area contributed by atoms with E-state index in [9.17, 15) is 0 Å². The van der Waals surface area contributed by atoms with E-state index in [0.717, 1.165) is 0 Å². The van der Waals surface area contributed by atoms with Crippen molar-refractivity contribution in [1.82, 2.24) is 0 Å². The van der Waals surface area contributed by atoms with Crippen molar-refractivity contribution >= 4 is 11.6 Å². The third kappa shape index (κ3) is 3.68. The minimum atomic E-state index is 0. The standard InChI is InChI=1S/C19H19.2ClH.Ti/c1-19(2,3)18-10-8-14(9-11-18)17-12-15-6-4-5-7-16(15)13-17;;;/h4-13H,1-3H3;2*1H;/q;;;+2/p-2. The van der Waals surface area contributed by atoms with Gasteiger partial charge in [0.05, 0.1) is 0 Å². The van der Waals surface area contributed by atoms with Crippen LogP contribution >= 0.6 is 0 Å². The zero-order valence-electron chi connectivity index (χ0n) is 13.0. The maximum absolute atomic E-state index is 2.34. The fourth-order valence-electron chi connectivity index (χ4n) is 2.74. The Balaban J connectivity index is 0.00000121. The summed E-state index contributed by atoms with van der Waals surface area (Å²) in [5, 5.41) is 0. The van der Waals surface area contributed by atoms with Gasteiger partial charge in [-0.15, -0.1) is 0 Å². The van der Waals surface area contributed by atoms with Crippen LogP contribution in [-0.2, 0) is 25.9 Å². The normalized spacial score (nSPS) is 16.2. The Hall–Kier alpha value is -0.526. The maximum Gasteiger partial charge on any atom is -1.00 e. The Morgan fingerprint density at radius 3 is 2.00 bits per heavy atom. The molecule has 22 heavy (non-hydrogen) atoms. The van der Waals surface area contributed by atoms with Gasteiger partial charge >= 0.3 is 133 Å². The largest absolute Gasteiger partial charge is 1.00 e. The molecule has 0 bridgehead atoms. The summed E-state index contributed by atoms with van der Waals surface area (Å²) in [5.74, 6) is 0. The van der Waals surface area contributed by atoms with E-state index < -0.39 is 0 Å². The molecule has 0 saturated carbocycles. The Morgan fingerprint density at radius 2 is 1.45 bits per heavy atom. The molecule has 0 aliphatic heterocycles.